The summed E-state index contributed by atoms with van der Waals surface area (Å²) in [6, 6.07) is 7.82. The molecule has 0 heterocycles. The molecular weight excluding hydrogens is 268 g/mol. The maximum atomic E-state index is 11.4. The van der Waals surface area contributed by atoms with Gasteiger partial charge in [0, 0.05) is 12.2 Å². The van der Waals surface area contributed by atoms with Gasteiger partial charge in [0.25, 0.3) is 0 Å². The molecule has 0 saturated carbocycles. The van der Waals surface area contributed by atoms with Gasteiger partial charge < -0.3 is 14.2 Å². The van der Waals surface area contributed by atoms with Gasteiger partial charge in [0.15, 0.2) is 0 Å². The maximum Gasteiger partial charge on any atom is 0.333 e. The smallest absolute Gasteiger partial charge is 0.333 e. The highest BCUT2D eigenvalue weighted by Crippen LogP contribution is 2.12. The number of carbonyl (C=O) groups is 1. The first-order valence-corrected chi connectivity index (χ1v) is 7.22. The first-order valence-electron chi connectivity index (χ1n) is 7.22. The molecule has 116 valence electrons. The van der Waals surface area contributed by atoms with E-state index in [9.17, 15) is 4.79 Å². The van der Waals surface area contributed by atoms with Crippen molar-refractivity contribution in [3.05, 3.63) is 41.5 Å². The van der Waals surface area contributed by atoms with Crippen LogP contribution in [0, 0.1) is 0 Å². The zero-order valence-corrected chi connectivity index (χ0v) is 13.1. The van der Waals surface area contributed by atoms with Crippen LogP contribution in [0.5, 0.6) is 5.75 Å². The highest BCUT2D eigenvalue weighted by Gasteiger charge is 2.02. The van der Waals surface area contributed by atoms with Crippen molar-refractivity contribution in [1.82, 2.24) is 0 Å². The summed E-state index contributed by atoms with van der Waals surface area (Å²) in [6.45, 7) is 5.24. The predicted molar refractivity (Wildman–Crippen MR) is 82.3 cm³/mol. The summed E-state index contributed by atoms with van der Waals surface area (Å²) >= 11 is 0. The van der Waals surface area contributed by atoms with E-state index in [1.807, 2.05) is 30.3 Å². The fourth-order valence-electron chi connectivity index (χ4n) is 1.74. The number of hydrogen-bond donors (Lipinski definition) is 0. The summed E-state index contributed by atoms with van der Waals surface area (Å²) in [4.78, 5) is 11.4. The lowest BCUT2D eigenvalue weighted by molar-refractivity contribution is -0.138. The van der Waals surface area contributed by atoms with Gasteiger partial charge in [-0.1, -0.05) is 18.2 Å². The second-order valence-corrected chi connectivity index (χ2v) is 4.65. The zero-order chi connectivity index (χ0) is 15.5. The Kier molecular flexibility index (Phi) is 8.21. The van der Waals surface area contributed by atoms with Crippen LogP contribution in [-0.2, 0) is 20.9 Å². The van der Waals surface area contributed by atoms with Crippen LogP contribution in [0.4, 0.5) is 0 Å². The molecule has 0 aromatic heterocycles. The molecule has 0 fully saturated rings. The molecule has 0 unspecified atom stereocenters. The van der Waals surface area contributed by atoms with Gasteiger partial charge >= 0.3 is 5.97 Å². The Morgan fingerprint density at radius 2 is 1.95 bits per heavy atom. The van der Waals surface area contributed by atoms with Crippen molar-refractivity contribution in [3.63, 3.8) is 0 Å². The van der Waals surface area contributed by atoms with E-state index in [0.717, 1.165) is 24.2 Å². The normalized spacial score (nSPS) is 11.3. The number of allylic oxidation sites excluding steroid dienone is 1. The summed E-state index contributed by atoms with van der Waals surface area (Å²) in [7, 11) is 1.65. The summed E-state index contributed by atoms with van der Waals surface area (Å²) in [5.41, 5.74) is 1.78. The second-order valence-electron chi connectivity index (χ2n) is 4.65. The van der Waals surface area contributed by atoms with Crippen LogP contribution in [-0.4, -0.2) is 26.3 Å². The average Bonchev–Trinajstić information content (AvgIpc) is 2.51. The Morgan fingerprint density at radius 3 is 2.57 bits per heavy atom. The van der Waals surface area contributed by atoms with E-state index in [1.54, 1.807) is 21.0 Å². The van der Waals surface area contributed by atoms with Crippen molar-refractivity contribution in [1.29, 1.82) is 0 Å². The molecule has 0 atom stereocenters. The first kappa shape index (κ1) is 17.2. The SMILES string of the molecule is CCOC(=O)/C(C)=C/CCCOCc1ccc(OC)cc1. The Hall–Kier alpha value is -1.81. The molecule has 1 aromatic carbocycles. The lowest BCUT2D eigenvalue weighted by Crippen LogP contribution is -2.05. The van der Waals surface area contributed by atoms with E-state index >= 15 is 0 Å². The fourth-order valence-corrected chi connectivity index (χ4v) is 1.74. The minimum atomic E-state index is -0.239. The molecule has 0 saturated heterocycles. The molecule has 4 nitrogen and oxygen atoms in total. The van der Waals surface area contributed by atoms with E-state index in [0.29, 0.717) is 25.4 Å². The number of ether oxygens (including phenoxy) is 3. The molecule has 0 spiro atoms. The highest BCUT2D eigenvalue weighted by atomic mass is 16.5. The second kappa shape index (κ2) is 10.00. The monoisotopic (exact) mass is 292 g/mol. The summed E-state index contributed by atoms with van der Waals surface area (Å²) in [5.74, 6) is 0.606. The highest BCUT2D eigenvalue weighted by molar-refractivity contribution is 5.87. The average molecular weight is 292 g/mol. The number of carbonyl (C=O) groups excluding carboxylic acids is 1. The lowest BCUT2D eigenvalue weighted by Gasteiger charge is -2.05. The minimum Gasteiger partial charge on any atom is -0.497 e. The predicted octanol–water partition coefficient (Wildman–Crippen LogP) is 3.50. The van der Waals surface area contributed by atoms with E-state index in [-0.39, 0.29) is 5.97 Å². The summed E-state index contributed by atoms with van der Waals surface area (Å²) in [5, 5.41) is 0. The van der Waals surface area contributed by atoms with Crippen molar-refractivity contribution in [3.8, 4) is 5.75 Å². The van der Waals surface area contributed by atoms with E-state index in [2.05, 4.69) is 0 Å². The number of unbranched alkanes of at least 4 members (excludes halogenated alkanes) is 1. The van der Waals surface area contributed by atoms with Gasteiger partial charge in [0.1, 0.15) is 5.75 Å². The molecule has 4 heteroatoms. The molecule has 0 bridgehead atoms. The van der Waals surface area contributed by atoms with Gasteiger partial charge in [-0.2, -0.15) is 0 Å². The molecule has 0 amide bonds. The Bertz CT molecular complexity index is 448. The lowest BCUT2D eigenvalue weighted by atomic mass is 10.2. The van der Waals surface area contributed by atoms with Gasteiger partial charge in [0.2, 0.25) is 0 Å². The van der Waals surface area contributed by atoms with E-state index in [1.165, 1.54) is 0 Å². The van der Waals surface area contributed by atoms with Crippen LogP contribution in [0.25, 0.3) is 0 Å². The molecule has 1 rings (SSSR count). The van der Waals surface area contributed by atoms with E-state index in [4.69, 9.17) is 14.2 Å². The number of methoxy groups -OCH3 is 1. The van der Waals surface area contributed by atoms with Crippen LogP contribution >= 0.6 is 0 Å². The number of hydrogen-bond acceptors (Lipinski definition) is 4. The van der Waals surface area contributed by atoms with Crippen molar-refractivity contribution >= 4 is 5.97 Å². The Morgan fingerprint density at radius 1 is 1.24 bits per heavy atom. The largest absolute Gasteiger partial charge is 0.497 e. The standard InChI is InChI=1S/C17H24O4/c1-4-21-17(18)14(2)7-5-6-12-20-13-15-8-10-16(19-3)11-9-15/h7-11H,4-6,12-13H2,1-3H3/b14-7+. The van der Waals surface area contributed by atoms with E-state index < -0.39 is 0 Å². The molecule has 1 aromatic rings. The molecular formula is C17H24O4. The molecule has 0 aliphatic heterocycles. The zero-order valence-electron chi connectivity index (χ0n) is 13.1. The van der Waals surface area contributed by atoms with Crippen LogP contribution in [0.15, 0.2) is 35.9 Å². The third kappa shape index (κ3) is 6.95. The van der Waals surface area contributed by atoms with Gasteiger partial charge in [-0.15, -0.1) is 0 Å². The van der Waals surface area contributed by atoms with Gasteiger partial charge in [0.05, 0.1) is 20.3 Å². The van der Waals surface area contributed by atoms with Crippen molar-refractivity contribution in [2.24, 2.45) is 0 Å². The third-order valence-electron chi connectivity index (χ3n) is 2.97. The molecule has 0 N–H and O–H groups in total. The maximum absolute atomic E-state index is 11.4. The van der Waals surface area contributed by atoms with Gasteiger partial charge in [-0.3, -0.25) is 0 Å². The summed E-state index contributed by atoms with van der Waals surface area (Å²) < 4.78 is 15.6. The molecule has 0 aliphatic carbocycles. The quantitative estimate of drug-likeness (QED) is 0.397. The molecule has 0 radical (unpaired) electrons. The van der Waals surface area contributed by atoms with Crippen LogP contribution in [0.3, 0.4) is 0 Å². The number of benzene rings is 1. The van der Waals surface area contributed by atoms with Crippen molar-refractivity contribution in [2.45, 2.75) is 33.3 Å². The number of rotatable bonds is 9. The van der Waals surface area contributed by atoms with Crippen molar-refractivity contribution in [2.75, 3.05) is 20.3 Å². The van der Waals surface area contributed by atoms with Crippen LogP contribution in [0.2, 0.25) is 0 Å². The Balaban J connectivity index is 2.16. The molecule has 21 heavy (non-hydrogen) atoms. The van der Waals surface area contributed by atoms with Crippen molar-refractivity contribution < 1.29 is 19.0 Å². The number of esters is 1. The Labute approximate surface area is 126 Å². The van der Waals surface area contributed by atoms with Gasteiger partial charge in [-0.05, 0) is 44.4 Å². The molecule has 0 aliphatic rings. The van der Waals surface area contributed by atoms with Crippen LogP contribution < -0.4 is 4.74 Å². The summed E-state index contributed by atoms with van der Waals surface area (Å²) in [6.07, 6.45) is 3.59. The van der Waals surface area contributed by atoms with Crippen LogP contribution in [0.1, 0.15) is 32.3 Å². The third-order valence-corrected chi connectivity index (χ3v) is 2.97. The topological polar surface area (TPSA) is 44.8 Å². The first-order chi connectivity index (χ1) is 10.2. The fraction of sp³-hybridized carbons (Fsp3) is 0.471. The minimum absolute atomic E-state index is 0.239. The van der Waals surface area contributed by atoms with Gasteiger partial charge in [-0.25, -0.2) is 4.79 Å².